The predicted molar refractivity (Wildman–Crippen MR) is 152 cm³/mol. The zero-order chi connectivity index (χ0) is 26.6. The van der Waals surface area contributed by atoms with E-state index in [0.717, 1.165) is 21.2 Å². The number of ether oxygens (including phenoxy) is 2. The van der Waals surface area contributed by atoms with Crippen LogP contribution < -0.4 is 19.6 Å². The smallest absolute Gasteiger partial charge is 0.338 e. The number of methoxy groups -OCH3 is 1. The molecule has 3 aromatic carbocycles. The van der Waals surface area contributed by atoms with Crippen molar-refractivity contribution in [1.82, 2.24) is 4.57 Å². The summed E-state index contributed by atoms with van der Waals surface area (Å²) in [6, 6.07) is 24.6. The first-order chi connectivity index (χ1) is 18.5. The molecule has 6 nitrogen and oxygen atoms in total. The molecule has 5 rings (SSSR count). The Morgan fingerprint density at radius 3 is 2.45 bits per heavy atom. The van der Waals surface area contributed by atoms with Gasteiger partial charge in [0.15, 0.2) is 4.80 Å². The molecule has 4 aromatic rings. The lowest BCUT2D eigenvalue weighted by molar-refractivity contribution is -0.136. The number of halogens is 1. The molecule has 192 valence electrons. The first-order valence-electron chi connectivity index (χ1n) is 12.1. The van der Waals surface area contributed by atoms with Crippen molar-refractivity contribution in [3.05, 3.63) is 131 Å². The first-order valence-corrected chi connectivity index (χ1v) is 13.8. The third kappa shape index (κ3) is 5.14. The van der Waals surface area contributed by atoms with Gasteiger partial charge in [-0.3, -0.25) is 9.36 Å². The summed E-state index contributed by atoms with van der Waals surface area (Å²) in [7, 11) is 1.35. The van der Waals surface area contributed by atoms with Gasteiger partial charge in [-0.25, -0.2) is 9.79 Å². The maximum atomic E-state index is 13.7. The molecule has 1 aromatic heterocycles. The summed E-state index contributed by atoms with van der Waals surface area (Å²) < 4.78 is 14.0. The highest BCUT2D eigenvalue weighted by molar-refractivity contribution is 9.10. The van der Waals surface area contributed by atoms with Crippen LogP contribution in [0.15, 0.2) is 104 Å². The van der Waals surface area contributed by atoms with Crippen LogP contribution in [0.5, 0.6) is 5.75 Å². The molecule has 0 saturated carbocycles. The second-order valence-electron chi connectivity index (χ2n) is 8.66. The fourth-order valence-corrected chi connectivity index (χ4v) is 5.96. The average Bonchev–Trinajstić information content (AvgIpc) is 3.26. The summed E-state index contributed by atoms with van der Waals surface area (Å²) in [6.45, 7) is 2.40. The Labute approximate surface area is 232 Å². The van der Waals surface area contributed by atoms with Gasteiger partial charge in [-0.2, -0.15) is 0 Å². The largest absolute Gasteiger partial charge is 0.488 e. The van der Waals surface area contributed by atoms with Crippen molar-refractivity contribution < 1.29 is 14.3 Å². The molecule has 1 atom stereocenters. The first kappa shape index (κ1) is 25.9. The van der Waals surface area contributed by atoms with Gasteiger partial charge in [0.1, 0.15) is 12.4 Å². The number of thiazole rings is 1. The summed E-state index contributed by atoms with van der Waals surface area (Å²) >= 11 is 4.91. The molecule has 0 amide bonds. The van der Waals surface area contributed by atoms with E-state index in [0.29, 0.717) is 39.4 Å². The van der Waals surface area contributed by atoms with Crippen molar-refractivity contribution in [3.8, 4) is 5.75 Å². The van der Waals surface area contributed by atoms with E-state index in [9.17, 15) is 9.59 Å². The monoisotopic (exact) mass is 588 g/mol. The number of aromatic nitrogens is 1. The van der Waals surface area contributed by atoms with Crippen LogP contribution in [-0.2, 0) is 16.1 Å². The molecule has 0 saturated heterocycles. The van der Waals surface area contributed by atoms with Gasteiger partial charge in [0, 0.05) is 0 Å². The van der Waals surface area contributed by atoms with E-state index in [1.54, 1.807) is 4.57 Å². The number of carbonyl (C=O) groups is 1. The molecule has 38 heavy (non-hydrogen) atoms. The SMILES string of the molecule is CCC1=C(C(=O)OC)[C@H](c2ccccc2)n2c(s/c(=C\c3ccc(OCc4ccccc4)c(Br)c3)c2=O)=N1. The lowest BCUT2D eigenvalue weighted by Crippen LogP contribution is -2.40. The van der Waals surface area contributed by atoms with Crippen LogP contribution in [-0.4, -0.2) is 17.6 Å². The van der Waals surface area contributed by atoms with Gasteiger partial charge in [0.05, 0.1) is 33.4 Å². The van der Waals surface area contributed by atoms with Crippen molar-refractivity contribution in [3.63, 3.8) is 0 Å². The van der Waals surface area contributed by atoms with E-state index in [1.807, 2.05) is 91.9 Å². The minimum absolute atomic E-state index is 0.209. The number of hydrogen-bond donors (Lipinski definition) is 0. The zero-order valence-corrected chi connectivity index (χ0v) is 23.3. The number of rotatable bonds is 7. The van der Waals surface area contributed by atoms with Crippen LogP contribution >= 0.6 is 27.3 Å². The average molecular weight is 590 g/mol. The standard InChI is InChI=1S/C30H25BrN2O4S/c1-3-23-26(29(35)36-2)27(21-12-8-5-9-13-21)33-28(34)25(38-30(33)32-23)17-20-14-15-24(22(31)16-20)37-18-19-10-6-4-7-11-19/h4-17,27H,3,18H2,1-2H3/b25-17-/t27-/m0/s1. The minimum atomic E-state index is -0.613. The van der Waals surface area contributed by atoms with Gasteiger partial charge in [-0.05, 0) is 57.2 Å². The fraction of sp³-hybridized carbons (Fsp3) is 0.167. The van der Waals surface area contributed by atoms with E-state index in [2.05, 4.69) is 15.9 Å². The lowest BCUT2D eigenvalue weighted by atomic mass is 9.95. The zero-order valence-electron chi connectivity index (χ0n) is 20.9. The molecule has 1 aliphatic rings. The lowest BCUT2D eigenvalue weighted by Gasteiger charge is -2.25. The van der Waals surface area contributed by atoms with Crippen molar-refractivity contribution in [1.29, 1.82) is 0 Å². The second-order valence-corrected chi connectivity index (χ2v) is 10.5. The minimum Gasteiger partial charge on any atom is -0.488 e. The number of nitrogens with zero attached hydrogens (tertiary/aromatic N) is 2. The topological polar surface area (TPSA) is 69.9 Å². The molecule has 0 fully saturated rings. The molecule has 8 heteroatoms. The van der Waals surface area contributed by atoms with Gasteiger partial charge in [-0.1, -0.05) is 85.0 Å². The van der Waals surface area contributed by atoms with Crippen LogP contribution in [0.4, 0.5) is 0 Å². The maximum absolute atomic E-state index is 13.7. The van der Waals surface area contributed by atoms with Crippen LogP contribution in [0.1, 0.15) is 36.1 Å². The molecule has 0 unspecified atom stereocenters. The van der Waals surface area contributed by atoms with Crippen LogP contribution in [0, 0.1) is 0 Å². The summed E-state index contributed by atoms with van der Waals surface area (Å²) in [4.78, 5) is 31.9. The third-order valence-electron chi connectivity index (χ3n) is 6.26. The van der Waals surface area contributed by atoms with Crippen LogP contribution in [0.25, 0.3) is 6.08 Å². The van der Waals surface area contributed by atoms with E-state index in [-0.39, 0.29) is 5.56 Å². The van der Waals surface area contributed by atoms with Crippen LogP contribution in [0.2, 0.25) is 0 Å². The van der Waals surface area contributed by atoms with E-state index < -0.39 is 12.0 Å². The number of carbonyl (C=O) groups excluding carboxylic acids is 1. The Balaban J connectivity index is 1.55. The van der Waals surface area contributed by atoms with E-state index in [1.165, 1.54) is 18.4 Å². The Hall–Kier alpha value is -3.75. The second kappa shape index (κ2) is 11.3. The highest BCUT2D eigenvalue weighted by atomic mass is 79.9. The van der Waals surface area contributed by atoms with E-state index in [4.69, 9.17) is 14.5 Å². The molecule has 2 heterocycles. The van der Waals surface area contributed by atoms with Crippen molar-refractivity contribution in [2.24, 2.45) is 4.99 Å². The number of fused-ring (bicyclic) bond motifs is 1. The quantitative estimate of drug-likeness (QED) is 0.280. The van der Waals surface area contributed by atoms with Gasteiger partial charge in [-0.15, -0.1) is 0 Å². The van der Waals surface area contributed by atoms with E-state index >= 15 is 0 Å². The molecule has 0 aliphatic carbocycles. The number of hydrogen-bond acceptors (Lipinski definition) is 6. The van der Waals surface area contributed by atoms with Crippen molar-refractivity contribution in [2.45, 2.75) is 26.0 Å². The van der Waals surface area contributed by atoms with Gasteiger partial charge in [0.25, 0.3) is 5.56 Å². The van der Waals surface area contributed by atoms with Gasteiger partial charge >= 0.3 is 5.97 Å². The van der Waals surface area contributed by atoms with Crippen molar-refractivity contribution >= 4 is 39.3 Å². The summed E-state index contributed by atoms with van der Waals surface area (Å²) in [6.07, 6.45) is 2.38. The fourth-order valence-electron chi connectivity index (χ4n) is 4.43. The van der Waals surface area contributed by atoms with Crippen LogP contribution in [0.3, 0.4) is 0 Å². The molecule has 0 radical (unpaired) electrons. The Kier molecular flexibility index (Phi) is 7.72. The molecule has 0 spiro atoms. The number of allylic oxidation sites excluding steroid dienone is 1. The Morgan fingerprint density at radius 2 is 1.79 bits per heavy atom. The third-order valence-corrected chi connectivity index (χ3v) is 7.86. The summed E-state index contributed by atoms with van der Waals surface area (Å²) in [5, 5.41) is 0. The Bertz CT molecular complexity index is 1690. The van der Waals surface area contributed by atoms with Gasteiger partial charge in [0.2, 0.25) is 0 Å². The molecular formula is C30H25BrN2O4S. The molecule has 1 aliphatic heterocycles. The summed E-state index contributed by atoms with van der Waals surface area (Å²) in [5.74, 6) is 0.232. The van der Waals surface area contributed by atoms with Gasteiger partial charge < -0.3 is 9.47 Å². The molecular weight excluding hydrogens is 564 g/mol. The number of benzene rings is 3. The highest BCUT2D eigenvalue weighted by Gasteiger charge is 2.33. The predicted octanol–water partition coefficient (Wildman–Crippen LogP) is 5.14. The highest BCUT2D eigenvalue weighted by Crippen LogP contribution is 2.32. The normalized spacial score (nSPS) is 15.1. The Morgan fingerprint density at radius 1 is 1.08 bits per heavy atom. The van der Waals surface area contributed by atoms with Crippen molar-refractivity contribution in [2.75, 3.05) is 7.11 Å². The molecule has 0 bridgehead atoms. The molecule has 0 N–H and O–H groups in total. The maximum Gasteiger partial charge on any atom is 0.338 e. The summed E-state index contributed by atoms with van der Waals surface area (Å²) in [5.41, 5.74) is 3.55. The number of esters is 1.